The van der Waals surface area contributed by atoms with Crippen LogP contribution < -0.4 is 11.1 Å². The third-order valence-corrected chi connectivity index (χ3v) is 5.84. The molecule has 0 radical (unpaired) electrons. The summed E-state index contributed by atoms with van der Waals surface area (Å²) in [4.78, 5) is 40.4. The van der Waals surface area contributed by atoms with E-state index in [1.807, 2.05) is 0 Å². The molecule has 3 aromatic rings. The molecule has 3 amide bonds. The Hall–Kier alpha value is -4.71. The van der Waals surface area contributed by atoms with Crippen LogP contribution in [0.5, 0.6) is 5.75 Å². The number of urea groups is 1. The molecular weight excluding hydrogens is 524 g/mol. The van der Waals surface area contributed by atoms with Crippen molar-refractivity contribution in [3.8, 4) is 16.9 Å². The molecule has 3 rings (SSSR count). The molecule has 3 aromatic carbocycles. The molecule has 0 heterocycles. The first-order valence-corrected chi connectivity index (χ1v) is 13.5. The maximum Gasteiger partial charge on any atom is 0.354 e. The molecule has 0 aliphatic heterocycles. The molecule has 0 aliphatic rings. The standard InChI is InChI=1S/C27H28N4O7S/c1-16(2)15-31(27(35)30-22-12-10-18(24(28)29)14-23(22)32)25(33)19-9-11-20(17-7-5-4-6-8-17)21(13-19)26(34)38-39(3,36)37/h4-14,16,32H,15H2,1-3H3,(H3,28,29)(H,30,35). The number of rotatable bonds is 8. The second-order valence-electron chi connectivity index (χ2n) is 9.09. The summed E-state index contributed by atoms with van der Waals surface area (Å²) in [5.41, 5.74) is 6.32. The van der Waals surface area contributed by atoms with Crippen LogP contribution in [0.25, 0.3) is 11.1 Å². The number of anilines is 1. The van der Waals surface area contributed by atoms with E-state index in [0.717, 1.165) is 11.2 Å². The van der Waals surface area contributed by atoms with Gasteiger partial charge in [0, 0.05) is 17.7 Å². The van der Waals surface area contributed by atoms with Gasteiger partial charge in [-0.05, 0) is 47.4 Å². The third kappa shape index (κ3) is 7.42. The van der Waals surface area contributed by atoms with Crippen LogP contribution in [-0.4, -0.2) is 55.0 Å². The highest BCUT2D eigenvalue weighted by Gasteiger charge is 2.27. The molecule has 0 atom stereocenters. The lowest BCUT2D eigenvalue weighted by molar-refractivity contribution is 0.0749. The Morgan fingerprint density at radius 3 is 2.23 bits per heavy atom. The Labute approximate surface area is 225 Å². The summed E-state index contributed by atoms with van der Waals surface area (Å²) in [6, 6.07) is 15.8. The van der Waals surface area contributed by atoms with Gasteiger partial charge in [0.25, 0.3) is 5.91 Å². The van der Waals surface area contributed by atoms with Gasteiger partial charge < -0.3 is 20.3 Å². The number of aromatic hydroxyl groups is 1. The topological polar surface area (TPSA) is 180 Å². The molecule has 0 unspecified atom stereocenters. The number of nitrogens with two attached hydrogens (primary N) is 1. The van der Waals surface area contributed by atoms with E-state index in [1.165, 1.54) is 36.4 Å². The summed E-state index contributed by atoms with van der Waals surface area (Å²) in [7, 11) is -4.15. The summed E-state index contributed by atoms with van der Waals surface area (Å²) in [5.74, 6) is -2.72. The summed E-state index contributed by atoms with van der Waals surface area (Å²) in [6.45, 7) is 3.57. The lowest BCUT2D eigenvalue weighted by Crippen LogP contribution is -2.42. The van der Waals surface area contributed by atoms with Gasteiger partial charge in [0.2, 0.25) is 0 Å². The van der Waals surface area contributed by atoms with Crippen LogP contribution in [-0.2, 0) is 14.3 Å². The zero-order valence-corrected chi connectivity index (χ0v) is 22.3. The van der Waals surface area contributed by atoms with Gasteiger partial charge in [-0.2, -0.15) is 8.42 Å². The van der Waals surface area contributed by atoms with E-state index < -0.39 is 28.0 Å². The van der Waals surface area contributed by atoms with Crippen LogP contribution in [0.1, 0.15) is 40.1 Å². The van der Waals surface area contributed by atoms with Gasteiger partial charge >= 0.3 is 22.1 Å². The zero-order chi connectivity index (χ0) is 28.9. The Morgan fingerprint density at radius 1 is 1.03 bits per heavy atom. The fourth-order valence-corrected chi connectivity index (χ4v) is 4.03. The van der Waals surface area contributed by atoms with Gasteiger partial charge in [0.05, 0.1) is 17.5 Å². The third-order valence-electron chi connectivity index (χ3n) is 5.39. The second kappa shape index (κ2) is 11.8. The monoisotopic (exact) mass is 552 g/mol. The minimum absolute atomic E-state index is 0.0107. The number of amides is 3. The number of amidine groups is 1. The zero-order valence-electron chi connectivity index (χ0n) is 21.5. The van der Waals surface area contributed by atoms with E-state index in [0.29, 0.717) is 11.1 Å². The second-order valence-corrected chi connectivity index (χ2v) is 10.7. The number of phenols is 1. The van der Waals surface area contributed by atoms with Crippen LogP contribution in [0.2, 0.25) is 0 Å². The van der Waals surface area contributed by atoms with Crippen molar-refractivity contribution in [2.24, 2.45) is 11.7 Å². The average molecular weight is 553 g/mol. The van der Waals surface area contributed by atoms with Gasteiger partial charge in [0.1, 0.15) is 11.6 Å². The average Bonchev–Trinajstić information content (AvgIpc) is 2.87. The molecule has 0 fully saturated rings. The molecule has 0 saturated heterocycles. The van der Waals surface area contributed by atoms with Crippen LogP contribution in [0.4, 0.5) is 10.5 Å². The van der Waals surface area contributed by atoms with E-state index in [4.69, 9.17) is 11.1 Å². The van der Waals surface area contributed by atoms with Crippen LogP contribution >= 0.6 is 0 Å². The van der Waals surface area contributed by atoms with E-state index in [-0.39, 0.29) is 46.4 Å². The van der Waals surface area contributed by atoms with Crippen LogP contribution in [0, 0.1) is 11.3 Å². The number of imide groups is 1. The molecule has 39 heavy (non-hydrogen) atoms. The summed E-state index contributed by atoms with van der Waals surface area (Å²) in [5, 5.41) is 20.2. The van der Waals surface area contributed by atoms with Crippen molar-refractivity contribution < 1.29 is 32.1 Å². The smallest absolute Gasteiger partial charge is 0.354 e. The van der Waals surface area contributed by atoms with E-state index >= 15 is 0 Å². The number of hydrogen-bond acceptors (Lipinski definition) is 8. The van der Waals surface area contributed by atoms with Gasteiger partial charge in [-0.25, -0.2) is 9.59 Å². The number of benzene rings is 3. The lowest BCUT2D eigenvalue weighted by Gasteiger charge is -2.24. The summed E-state index contributed by atoms with van der Waals surface area (Å²) >= 11 is 0. The Morgan fingerprint density at radius 2 is 1.67 bits per heavy atom. The molecule has 0 aliphatic carbocycles. The normalized spacial score (nSPS) is 11.1. The quantitative estimate of drug-likeness (QED) is 0.141. The fourth-order valence-electron chi connectivity index (χ4n) is 3.66. The molecule has 12 heteroatoms. The summed E-state index contributed by atoms with van der Waals surface area (Å²) in [6.07, 6.45) is 0.731. The SMILES string of the molecule is CC(C)CN(C(=O)Nc1ccc(C(=N)N)cc1O)C(=O)c1ccc(-c2ccccc2)c(C(=O)OS(C)(=O)=O)c1. The number of carbonyl (C=O) groups is 3. The van der Waals surface area contributed by atoms with E-state index in [2.05, 4.69) is 9.50 Å². The molecule has 0 bridgehead atoms. The lowest BCUT2D eigenvalue weighted by atomic mass is 9.97. The fraction of sp³-hybridized carbons (Fsp3) is 0.185. The van der Waals surface area contributed by atoms with Crippen molar-refractivity contribution in [3.05, 3.63) is 83.4 Å². The summed E-state index contributed by atoms with van der Waals surface area (Å²) < 4.78 is 27.9. The molecule has 204 valence electrons. The molecule has 5 N–H and O–H groups in total. The van der Waals surface area contributed by atoms with Crippen molar-refractivity contribution in [1.29, 1.82) is 5.41 Å². The number of nitrogen functional groups attached to an aromatic ring is 1. The Balaban J connectivity index is 2.01. The molecule has 0 saturated carbocycles. The van der Waals surface area contributed by atoms with Crippen LogP contribution in [0.15, 0.2) is 66.7 Å². The maximum absolute atomic E-state index is 13.5. The first-order valence-electron chi connectivity index (χ1n) is 11.7. The minimum Gasteiger partial charge on any atom is -0.506 e. The van der Waals surface area contributed by atoms with Gasteiger partial charge in [-0.3, -0.25) is 15.1 Å². The molecular formula is C27H28N4O7S. The predicted molar refractivity (Wildman–Crippen MR) is 146 cm³/mol. The Bertz CT molecular complexity index is 1540. The number of phenolic OH excluding ortho intramolecular Hbond substituents is 1. The van der Waals surface area contributed by atoms with Crippen molar-refractivity contribution in [3.63, 3.8) is 0 Å². The van der Waals surface area contributed by atoms with Crippen molar-refractivity contribution >= 4 is 39.5 Å². The number of carbonyl (C=O) groups excluding carboxylic acids is 3. The van der Waals surface area contributed by atoms with E-state index in [9.17, 15) is 27.9 Å². The van der Waals surface area contributed by atoms with Crippen molar-refractivity contribution in [1.82, 2.24) is 4.90 Å². The highest BCUT2D eigenvalue weighted by atomic mass is 32.2. The Kier molecular flexibility index (Phi) is 8.71. The highest BCUT2D eigenvalue weighted by Crippen LogP contribution is 2.28. The van der Waals surface area contributed by atoms with E-state index in [1.54, 1.807) is 44.2 Å². The molecule has 0 aromatic heterocycles. The van der Waals surface area contributed by atoms with Gasteiger partial charge in [-0.15, -0.1) is 0 Å². The highest BCUT2D eigenvalue weighted by molar-refractivity contribution is 7.86. The largest absolute Gasteiger partial charge is 0.506 e. The maximum atomic E-state index is 13.5. The number of nitrogens with one attached hydrogen (secondary N) is 2. The first kappa shape index (κ1) is 28.9. The minimum atomic E-state index is -4.15. The molecule has 0 spiro atoms. The van der Waals surface area contributed by atoms with Crippen LogP contribution in [0.3, 0.4) is 0 Å². The van der Waals surface area contributed by atoms with Gasteiger partial charge in [0.15, 0.2) is 0 Å². The van der Waals surface area contributed by atoms with Crippen molar-refractivity contribution in [2.45, 2.75) is 13.8 Å². The number of nitrogens with zero attached hydrogens (tertiary/aromatic N) is 1. The number of hydrogen-bond donors (Lipinski definition) is 4. The predicted octanol–water partition coefficient (Wildman–Crippen LogP) is 3.79. The first-order chi connectivity index (χ1) is 18.3. The molecule has 11 nitrogen and oxygen atoms in total. The van der Waals surface area contributed by atoms with Crippen molar-refractivity contribution in [2.75, 3.05) is 18.1 Å². The van der Waals surface area contributed by atoms with Gasteiger partial charge in [-0.1, -0.05) is 50.2 Å².